The van der Waals surface area contributed by atoms with E-state index in [0.717, 1.165) is 24.9 Å². The third-order valence-corrected chi connectivity index (χ3v) is 6.61. The number of aromatic nitrogens is 2. The highest BCUT2D eigenvalue weighted by molar-refractivity contribution is 5.94. The average Bonchev–Trinajstić information content (AvgIpc) is 2.84. The molecule has 4 rings (SSSR count). The minimum atomic E-state index is -0.524. The Morgan fingerprint density at radius 3 is 2.48 bits per heavy atom. The van der Waals surface area contributed by atoms with Crippen molar-refractivity contribution < 1.29 is 19.4 Å². The van der Waals surface area contributed by atoms with E-state index in [4.69, 9.17) is 9.47 Å². The zero-order valence-corrected chi connectivity index (χ0v) is 19.7. The van der Waals surface area contributed by atoms with Crippen molar-refractivity contribution in [1.29, 1.82) is 0 Å². The number of piperidine rings is 1. The molecule has 178 valence electrons. The quantitative estimate of drug-likeness (QED) is 0.718. The Morgan fingerprint density at radius 1 is 1.21 bits per heavy atom. The second kappa shape index (κ2) is 10.3. The number of rotatable bonds is 6. The molecule has 1 N–H and O–H groups in total. The zero-order valence-electron chi connectivity index (χ0n) is 19.7. The Bertz CT molecular complexity index is 914. The lowest BCUT2D eigenvalue weighted by Gasteiger charge is -2.49. The van der Waals surface area contributed by atoms with Crippen LogP contribution in [-0.4, -0.2) is 76.4 Å². The van der Waals surface area contributed by atoms with E-state index in [2.05, 4.69) is 14.9 Å². The van der Waals surface area contributed by atoms with Crippen LogP contribution in [0.2, 0.25) is 0 Å². The molecule has 2 aromatic rings. The Hall–Kier alpha value is -2.39. The van der Waals surface area contributed by atoms with E-state index in [9.17, 15) is 9.90 Å². The minimum Gasteiger partial charge on any atom is -0.388 e. The number of nitrogens with zero attached hydrogens (tertiary/aromatic N) is 4. The summed E-state index contributed by atoms with van der Waals surface area (Å²) in [5.74, 6) is 0.825. The lowest BCUT2D eigenvalue weighted by molar-refractivity contribution is -0.189. The second-order valence-corrected chi connectivity index (χ2v) is 9.43. The lowest BCUT2D eigenvalue weighted by Crippen LogP contribution is -2.58. The van der Waals surface area contributed by atoms with Gasteiger partial charge in [0.05, 0.1) is 18.4 Å². The van der Waals surface area contributed by atoms with Crippen LogP contribution in [0.15, 0.2) is 42.7 Å². The molecule has 2 aliphatic rings. The van der Waals surface area contributed by atoms with Gasteiger partial charge in [-0.3, -0.25) is 9.69 Å². The number of benzene rings is 1. The molecule has 0 bridgehead atoms. The Kier molecular flexibility index (Phi) is 7.38. The lowest BCUT2D eigenvalue weighted by atomic mass is 9.88. The van der Waals surface area contributed by atoms with E-state index < -0.39 is 6.10 Å². The van der Waals surface area contributed by atoms with Crippen molar-refractivity contribution in [3.05, 3.63) is 59.7 Å². The summed E-state index contributed by atoms with van der Waals surface area (Å²) in [7, 11) is 1.70. The standard InChI is InChI=1S/C25H34N4O4/c1-18(2)22(30)19-5-7-20(8-6-19)24(31)29-13-9-25(10-14-29)16-28(17-32-3)15-21(33-25)23-26-11-4-12-27-23/h4-8,11-12,18,21-22,30H,9-10,13-17H2,1-3H3. The van der Waals surface area contributed by atoms with Gasteiger partial charge in [-0.2, -0.15) is 0 Å². The molecule has 1 aromatic heterocycles. The van der Waals surface area contributed by atoms with Gasteiger partial charge in [0.25, 0.3) is 5.91 Å². The first kappa shape index (κ1) is 23.8. The summed E-state index contributed by atoms with van der Waals surface area (Å²) in [5.41, 5.74) is 1.12. The van der Waals surface area contributed by atoms with Gasteiger partial charge in [0.2, 0.25) is 0 Å². The number of hydrogen-bond donors (Lipinski definition) is 1. The van der Waals surface area contributed by atoms with Crippen molar-refractivity contribution in [2.45, 2.75) is 44.5 Å². The fourth-order valence-electron chi connectivity index (χ4n) is 4.76. The number of hydrogen-bond acceptors (Lipinski definition) is 7. The SMILES string of the molecule is COCN1CC(c2ncccn2)OC2(CCN(C(=O)c3ccc(C(O)C(C)C)cc3)CC2)C1. The first-order valence-corrected chi connectivity index (χ1v) is 11.6. The molecule has 8 heteroatoms. The van der Waals surface area contributed by atoms with Gasteiger partial charge in [0, 0.05) is 51.2 Å². The summed E-state index contributed by atoms with van der Waals surface area (Å²) in [4.78, 5) is 26.0. The van der Waals surface area contributed by atoms with Crippen LogP contribution in [-0.2, 0) is 9.47 Å². The third-order valence-electron chi connectivity index (χ3n) is 6.61. The predicted octanol–water partition coefficient (Wildman–Crippen LogP) is 2.82. The first-order valence-electron chi connectivity index (χ1n) is 11.6. The van der Waals surface area contributed by atoms with E-state index in [1.807, 2.05) is 43.0 Å². The number of ether oxygens (including phenoxy) is 2. The second-order valence-electron chi connectivity index (χ2n) is 9.43. The van der Waals surface area contributed by atoms with Crippen molar-refractivity contribution in [2.24, 2.45) is 5.92 Å². The van der Waals surface area contributed by atoms with Crippen molar-refractivity contribution in [3.8, 4) is 0 Å². The van der Waals surface area contributed by atoms with Gasteiger partial charge in [-0.15, -0.1) is 0 Å². The molecular weight excluding hydrogens is 420 g/mol. The molecule has 2 saturated heterocycles. The normalized spacial score (nSPS) is 22.0. The Labute approximate surface area is 195 Å². The molecule has 0 radical (unpaired) electrons. The van der Waals surface area contributed by atoms with Crippen LogP contribution in [0.1, 0.15) is 60.6 Å². The minimum absolute atomic E-state index is 0.0166. The first-order chi connectivity index (χ1) is 15.9. The highest BCUT2D eigenvalue weighted by Gasteiger charge is 2.44. The monoisotopic (exact) mass is 454 g/mol. The van der Waals surface area contributed by atoms with E-state index >= 15 is 0 Å². The molecule has 33 heavy (non-hydrogen) atoms. The fraction of sp³-hybridized carbons (Fsp3) is 0.560. The van der Waals surface area contributed by atoms with Gasteiger partial charge in [0.1, 0.15) is 6.10 Å². The molecule has 2 unspecified atom stereocenters. The van der Waals surface area contributed by atoms with Gasteiger partial charge in [-0.1, -0.05) is 26.0 Å². The average molecular weight is 455 g/mol. The smallest absolute Gasteiger partial charge is 0.253 e. The molecule has 8 nitrogen and oxygen atoms in total. The topological polar surface area (TPSA) is 88.0 Å². The fourth-order valence-corrected chi connectivity index (χ4v) is 4.76. The molecule has 2 atom stereocenters. The maximum Gasteiger partial charge on any atom is 0.253 e. The molecule has 0 aliphatic carbocycles. The van der Waals surface area contributed by atoms with E-state index in [1.165, 1.54) is 0 Å². The Morgan fingerprint density at radius 2 is 1.88 bits per heavy atom. The molecule has 2 fully saturated rings. The number of morpholine rings is 1. The summed E-state index contributed by atoms with van der Waals surface area (Å²) in [5, 5.41) is 10.2. The molecule has 1 spiro atoms. The maximum atomic E-state index is 13.1. The number of aliphatic hydroxyl groups excluding tert-OH is 1. The van der Waals surface area contributed by atoms with Gasteiger partial charge < -0.3 is 19.5 Å². The number of carbonyl (C=O) groups is 1. The van der Waals surface area contributed by atoms with Crippen LogP contribution < -0.4 is 0 Å². The van der Waals surface area contributed by atoms with Crippen molar-refractivity contribution in [2.75, 3.05) is 40.0 Å². The highest BCUT2D eigenvalue weighted by Crippen LogP contribution is 2.37. The van der Waals surface area contributed by atoms with Crippen LogP contribution in [0.25, 0.3) is 0 Å². The molecule has 3 heterocycles. The van der Waals surface area contributed by atoms with Crippen LogP contribution in [0.5, 0.6) is 0 Å². The van der Waals surface area contributed by atoms with Gasteiger partial charge in [-0.25, -0.2) is 9.97 Å². The van der Waals surface area contributed by atoms with Gasteiger partial charge in [-0.05, 0) is 42.5 Å². The molecule has 1 amide bonds. The van der Waals surface area contributed by atoms with Gasteiger partial charge in [0.15, 0.2) is 5.82 Å². The molecular formula is C25H34N4O4. The van der Waals surface area contributed by atoms with Crippen LogP contribution >= 0.6 is 0 Å². The summed E-state index contributed by atoms with van der Waals surface area (Å²) in [6.45, 7) is 7.15. The van der Waals surface area contributed by atoms with E-state index in [1.54, 1.807) is 25.6 Å². The molecule has 1 aromatic carbocycles. The summed E-state index contributed by atoms with van der Waals surface area (Å²) < 4.78 is 12.0. The third kappa shape index (κ3) is 5.41. The number of likely N-dealkylation sites (tertiary alicyclic amines) is 1. The summed E-state index contributed by atoms with van der Waals surface area (Å²) in [6, 6.07) is 9.12. The number of aliphatic hydroxyl groups is 1. The summed E-state index contributed by atoms with van der Waals surface area (Å²) >= 11 is 0. The number of carbonyl (C=O) groups excluding carboxylic acids is 1. The van der Waals surface area contributed by atoms with Crippen molar-refractivity contribution in [3.63, 3.8) is 0 Å². The molecule has 2 aliphatic heterocycles. The van der Waals surface area contributed by atoms with Crippen LogP contribution in [0.4, 0.5) is 0 Å². The van der Waals surface area contributed by atoms with Crippen molar-refractivity contribution in [1.82, 2.24) is 19.8 Å². The van der Waals surface area contributed by atoms with Crippen LogP contribution in [0.3, 0.4) is 0 Å². The van der Waals surface area contributed by atoms with Crippen LogP contribution in [0, 0.1) is 5.92 Å². The Balaban J connectivity index is 1.42. The molecule has 0 saturated carbocycles. The number of amides is 1. The highest BCUT2D eigenvalue weighted by atomic mass is 16.5. The van der Waals surface area contributed by atoms with Crippen molar-refractivity contribution >= 4 is 5.91 Å². The maximum absolute atomic E-state index is 13.1. The largest absolute Gasteiger partial charge is 0.388 e. The van der Waals surface area contributed by atoms with E-state index in [-0.39, 0.29) is 23.5 Å². The van der Waals surface area contributed by atoms with Gasteiger partial charge >= 0.3 is 0 Å². The predicted molar refractivity (Wildman–Crippen MR) is 123 cm³/mol. The summed E-state index contributed by atoms with van der Waals surface area (Å²) in [6.07, 6.45) is 4.21. The number of methoxy groups -OCH3 is 1. The van der Waals surface area contributed by atoms with E-state index in [0.29, 0.717) is 37.8 Å². The zero-order chi connectivity index (χ0) is 23.4.